The Kier molecular flexibility index (Phi) is 3.25. The molecule has 0 saturated heterocycles. The molecule has 1 heterocycles. The summed E-state index contributed by atoms with van der Waals surface area (Å²) in [5, 5.41) is 0. The van der Waals surface area contributed by atoms with Crippen LogP contribution in [-0.4, -0.2) is 9.97 Å². The molecule has 1 aromatic heterocycles. The van der Waals surface area contributed by atoms with E-state index in [0.717, 1.165) is 17.8 Å². The van der Waals surface area contributed by atoms with Gasteiger partial charge in [-0.05, 0) is 12.3 Å². The maximum absolute atomic E-state index is 4.48. The third kappa shape index (κ3) is 2.31. The average Bonchev–Trinajstić information content (AvgIpc) is 2.18. The molecule has 0 N–H and O–H groups in total. The highest BCUT2D eigenvalue weighted by Crippen LogP contribution is 2.24. The normalized spacial score (nSPS) is 12.1. The van der Waals surface area contributed by atoms with Crippen LogP contribution in [0.5, 0.6) is 0 Å². The Balaban J connectivity index is 2.94. The molecule has 0 spiro atoms. The standard InChI is InChI=1S/C12H20N2/c1-6-12(4,5)11-8-13-10(7-14-11)9(2)3/h7-9H,6H2,1-5H3. The van der Waals surface area contributed by atoms with Crippen molar-refractivity contribution in [3.8, 4) is 0 Å². The SMILES string of the molecule is CCC(C)(C)c1cnc(C(C)C)cn1. The average molecular weight is 192 g/mol. The summed E-state index contributed by atoms with van der Waals surface area (Å²) in [4.78, 5) is 8.91. The Bertz CT molecular complexity index is 286. The molecule has 0 amide bonds. The van der Waals surface area contributed by atoms with Crippen LogP contribution in [0.15, 0.2) is 12.4 Å². The first-order chi connectivity index (χ1) is 6.47. The minimum atomic E-state index is 0.141. The van der Waals surface area contributed by atoms with Gasteiger partial charge < -0.3 is 0 Å². The van der Waals surface area contributed by atoms with Crippen LogP contribution in [0.2, 0.25) is 0 Å². The van der Waals surface area contributed by atoms with Crippen molar-refractivity contribution in [3.05, 3.63) is 23.8 Å². The van der Waals surface area contributed by atoms with Crippen molar-refractivity contribution in [2.75, 3.05) is 0 Å². The topological polar surface area (TPSA) is 25.8 Å². The molecule has 2 heteroatoms. The second-order valence-electron chi connectivity index (χ2n) is 4.72. The fourth-order valence-corrected chi connectivity index (χ4v) is 1.17. The summed E-state index contributed by atoms with van der Waals surface area (Å²) < 4.78 is 0. The van der Waals surface area contributed by atoms with Crippen LogP contribution >= 0.6 is 0 Å². The number of nitrogens with zero attached hydrogens (tertiary/aromatic N) is 2. The van der Waals surface area contributed by atoms with Gasteiger partial charge in [0.2, 0.25) is 0 Å². The van der Waals surface area contributed by atoms with Crippen molar-refractivity contribution >= 4 is 0 Å². The zero-order valence-corrected chi connectivity index (χ0v) is 9.83. The lowest BCUT2D eigenvalue weighted by atomic mass is 9.87. The van der Waals surface area contributed by atoms with Crippen LogP contribution in [0.25, 0.3) is 0 Å². The van der Waals surface area contributed by atoms with Gasteiger partial charge in [0.05, 0.1) is 11.4 Å². The maximum atomic E-state index is 4.48. The van der Waals surface area contributed by atoms with Crippen molar-refractivity contribution < 1.29 is 0 Å². The highest BCUT2D eigenvalue weighted by molar-refractivity contribution is 5.13. The van der Waals surface area contributed by atoms with Crippen LogP contribution in [0.3, 0.4) is 0 Å². The van der Waals surface area contributed by atoms with Gasteiger partial charge in [0, 0.05) is 17.8 Å². The van der Waals surface area contributed by atoms with E-state index in [0.29, 0.717) is 5.92 Å². The highest BCUT2D eigenvalue weighted by Gasteiger charge is 2.19. The Morgan fingerprint density at radius 1 is 1.21 bits per heavy atom. The Morgan fingerprint density at radius 3 is 2.21 bits per heavy atom. The molecule has 0 aliphatic rings. The van der Waals surface area contributed by atoms with Crippen LogP contribution in [0.1, 0.15) is 58.3 Å². The number of rotatable bonds is 3. The second-order valence-corrected chi connectivity index (χ2v) is 4.72. The zero-order valence-electron chi connectivity index (χ0n) is 9.83. The first-order valence-electron chi connectivity index (χ1n) is 5.29. The van der Waals surface area contributed by atoms with E-state index in [1.807, 2.05) is 12.4 Å². The van der Waals surface area contributed by atoms with E-state index in [-0.39, 0.29) is 5.41 Å². The number of aromatic nitrogens is 2. The predicted molar refractivity (Wildman–Crippen MR) is 59.4 cm³/mol. The lowest BCUT2D eigenvalue weighted by Gasteiger charge is -2.21. The minimum absolute atomic E-state index is 0.141. The summed E-state index contributed by atoms with van der Waals surface area (Å²) in [5.41, 5.74) is 2.30. The molecule has 0 fully saturated rings. The smallest absolute Gasteiger partial charge is 0.0642 e. The van der Waals surface area contributed by atoms with Crippen LogP contribution in [-0.2, 0) is 5.41 Å². The van der Waals surface area contributed by atoms with Crippen LogP contribution < -0.4 is 0 Å². The van der Waals surface area contributed by atoms with Gasteiger partial charge in [-0.3, -0.25) is 9.97 Å². The Labute approximate surface area is 86.8 Å². The van der Waals surface area contributed by atoms with E-state index in [1.54, 1.807) is 0 Å². The van der Waals surface area contributed by atoms with Crippen molar-refractivity contribution in [1.29, 1.82) is 0 Å². The quantitative estimate of drug-likeness (QED) is 0.734. The second kappa shape index (κ2) is 4.07. The summed E-state index contributed by atoms with van der Waals surface area (Å²) in [7, 11) is 0. The van der Waals surface area contributed by atoms with Gasteiger partial charge in [-0.15, -0.1) is 0 Å². The number of hydrogen-bond acceptors (Lipinski definition) is 2. The summed E-state index contributed by atoms with van der Waals surface area (Å²) in [6, 6.07) is 0. The van der Waals surface area contributed by atoms with Crippen molar-refractivity contribution in [3.63, 3.8) is 0 Å². The Hall–Kier alpha value is -0.920. The van der Waals surface area contributed by atoms with E-state index in [4.69, 9.17) is 0 Å². The molecule has 1 rings (SSSR count). The predicted octanol–water partition coefficient (Wildman–Crippen LogP) is 3.29. The zero-order chi connectivity index (χ0) is 10.8. The monoisotopic (exact) mass is 192 g/mol. The molecule has 0 radical (unpaired) electrons. The first kappa shape index (κ1) is 11.2. The van der Waals surface area contributed by atoms with Gasteiger partial charge in [-0.2, -0.15) is 0 Å². The number of hydrogen-bond donors (Lipinski definition) is 0. The molecule has 0 unspecified atom stereocenters. The summed E-state index contributed by atoms with van der Waals surface area (Å²) >= 11 is 0. The van der Waals surface area contributed by atoms with Crippen LogP contribution in [0.4, 0.5) is 0 Å². The molecule has 0 bridgehead atoms. The molecule has 2 nitrogen and oxygen atoms in total. The van der Waals surface area contributed by atoms with Gasteiger partial charge in [-0.1, -0.05) is 34.6 Å². The molecule has 0 aliphatic heterocycles. The largest absolute Gasteiger partial charge is 0.258 e. The van der Waals surface area contributed by atoms with Gasteiger partial charge in [0.1, 0.15) is 0 Å². The maximum Gasteiger partial charge on any atom is 0.0642 e. The molecular weight excluding hydrogens is 172 g/mol. The van der Waals surface area contributed by atoms with E-state index in [2.05, 4.69) is 44.6 Å². The van der Waals surface area contributed by atoms with Gasteiger partial charge in [0.25, 0.3) is 0 Å². The van der Waals surface area contributed by atoms with Gasteiger partial charge in [0.15, 0.2) is 0 Å². The third-order valence-corrected chi connectivity index (χ3v) is 2.84. The summed E-state index contributed by atoms with van der Waals surface area (Å²) in [5.74, 6) is 0.460. The van der Waals surface area contributed by atoms with E-state index in [1.165, 1.54) is 0 Å². The minimum Gasteiger partial charge on any atom is -0.258 e. The first-order valence-corrected chi connectivity index (χ1v) is 5.29. The van der Waals surface area contributed by atoms with Gasteiger partial charge in [-0.25, -0.2) is 0 Å². The molecule has 0 aromatic carbocycles. The van der Waals surface area contributed by atoms with E-state index < -0.39 is 0 Å². The molecule has 78 valence electrons. The van der Waals surface area contributed by atoms with E-state index >= 15 is 0 Å². The summed E-state index contributed by atoms with van der Waals surface area (Å²) in [6.45, 7) is 10.8. The Morgan fingerprint density at radius 2 is 1.86 bits per heavy atom. The third-order valence-electron chi connectivity index (χ3n) is 2.84. The fraction of sp³-hybridized carbons (Fsp3) is 0.667. The molecule has 14 heavy (non-hydrogen) atoms. The highest BCUT2D eigenvalue weighted by atomic mass is 14.8. The van der Waals surface area contributed by atoms with Crippen molar-refractivity contribution in [1.82, 2.24) is 9.97 Å². The van der Waals surface area contributed by atoms with Crippen LogP contribution in [0, 0.1) is 0 Å². The van der Waals surface area contributed by atoms with Gasteiger partial charge >= 0.3 is 0 Å². The van der Waals surface area contributed by atoms with Crippen molar-refractivity contribution in [2.45, 2.75) is 52.4 Å². The summed E-state index contributed by atoms with van der Waals surface area (Å²) in [6.07, 6.45) is 4.90. The van der Waals surface area contributed by atoms with Crippen molar-refractivity contribution in [2.24, 2.45) is 0 Å². The molecule has 1 aromatic rings. The van der Waals surface area contributed by atoms with E-state index in [9.17, 15) is 0 Å². The molecule has 0 atom stereocenters. The molecule has 0 aliphatic carbocycles. The molecular formula is C12H20N2. The lowest BCUT2D eigenvalue weighted by molar-refractivity contribution is 0.486. The lowest BCUT2D eigenvalue weighted by Crippen LogP contribution is -2.18. The molecule has 0 saturated carbocycles. The fourth-order valence-electron chi connectivity index (χ4n) is 1.17.